The summed E-state index contributed by atoms with van der Waals surface area (Å²) in [5.41, 5.74) is 1.10. The Balaban J connectivity index is 2.11. The van der Waals surface area contributed by atoms with E-state index < -0.39 is 9.84 Å². The highest BCUT2D eigenvalue weighted by molar-refractivity contribution is 7.91. The summed E-state index contributed by atoms with van der Waals surface area (Å²) in [5, 5.41) is 0. The van der Waals surface area contributed by atoms with Crippen molar-refractivity contribution in [2.24, 2.45) is 11.8 Å². The molecule has 0 bridgehead atoms. The third-order valence-corrected chi connectivity index (χ3v) is 6.00. The molecule has 0 aliphatic carbocycles. The van der Waals surface area contributed by atoms with Crippen LogP contribution in [-0.2, 0) is 16.3 Å². The summed E-state index contributed by atoms with van der Waals surface area (Å²) in [4.78, 5) is 0. The maximum Gasteiger partial charge on any atom is 0.150 e. The molecule has 2 rings (SSSR count). The van der Waals surface area contributed by atoms with Crippen molar-refractivity contribution in [1.82, 2.24) is 0 Å². The molecule has 106 valence electrons. The molecule has 0 saturated carbocycles. The number of alkyl halides is 1. The molecule has 0 spiro atoms. The quantitative estimate of drug-likeness (QED) is 0.785. The van der Waals surface area contributed by atoms with Crippen LogP contribution in [0, 0.1) is 11.8 Å². The second-order valence-corrected chi connectivity index (χ2v) is 7.63. The summed E-state index contributed by atoms with van der Waals surface area (Å²) in [6.07, 6.45) is 1.50. The van der Waals surface area contributed by atoms with E-state index in [9.17, 15) is 8.42 Å². The van der Waals surface area contributed by atoms with Crippen LogP contribution >= 0.6 is 11.6 Å². The summed E-state index contributed by atoms with van der Waals surface area (Å²) in [6.45, 7) is 0. The summed E-state index contributed by atoms with van der Waals surface area (Å²) in [5.74, 6) is 2.27. The third kappa shape index (κ3) is 3.63. The van der Waals surface area contributed by atoms with E-state index in [-0.39, 0.29) is 17.6 Å². The first-order valence-corrected chi connectivity index (χ1v) is 8.79. The van der Waals surface area contributed by atoms with Crippen LogP contribution in [0.4, 0.5) is 0 Å². The Morgan fingerprint density at radius 2 is 2.16 bits per heavy atom. The zero-order valence-electron chi connectivity index (χ0n) is 11.0. The molecular formula is C14H19ClO3S. The van der Waals surface area contributed by atoms with E-state index in [1.807, 2.05) is 24.3 Å². The van der Waals surface area contributed by atoms with E-state index in [0.717, 1.165) is 24.2 Å². The van der Waals surface area contributed by atoms with Gasteiger partial charge in [-0.15, -0.1) is 11.6 Å². The molecule has 1 aliphatic rings. The molecule has 0 amide bonds. The lowest BCUT2D eigenvalue weighted by Gasteiger charge is -2.21. The molecule has 5 heteroatoms. The smallest absolute Gasteiger partial charge is 0.150 e. The molecule has 1 aromatic rings. The number of hydrogen-bond donors (Lipinski definition) is 0. The first-order chi connectivity index (χ1) is 9.05. The van der Waals surface area contributed by atoms with Gasteiger partial charge in [0.15, 0.2) is 9.84 Å². The van der Waals surface area contributed by atoms with E-state index in [2.05, 4.69) is 0 Å². The molecule has 3 nitrogen and oxygen atoms in total. The lowest BCUT2D eigenvalue weighted by molar-refractivity contribution is 0.377. The Morgan fingerprint density at radius 1 is 1.42 bits per heavy atom. The molecule has 1 aromatic carbocycles. The summed E-state index contributed by atoms with van der Waals surface area (Å²) >= 11 is 6.05. The lowest BCUT2D eigenvalue weighted by Crippen LogP contribution is -2.20. The molecular weight excluding hydrogens is 284 g/mol. The minimum atomic E-state index is -2.85. The molecule has 2 atom stereocenters. The van der Waals surface area contributed by atoms with E-state index in [1.165, 1.54) is 0 Å². The predicted octanol–water partition coefficient (Wildman–Crippen LogP) is 2.53. The number of sulfone groups is 1. The predicted molar refractivity (Wildman–Crippen MR) is 77.7 cm³/mol. The fourth-order valence-corrected chi connectivity index (χ4v) is 4.98. The summed E-state index contributed by atoms with van der Waals surface area (Å²) in [7, 11) is -1.20. The molecule has 1 fully saturated rings. The minimum absolute atomic E-state index is 0.174. The highest BCUT2D eigenvalue weighted by Crippen LogP contribution is 2.31. The van der Waals surface area contributed by atoms with E-state index in [0.29, 0.717) is 11.6 Å². The highest BCUT2D eigenvalue weighted by atomic mass is 35.5. The van der Waals surface area contributed by atoms with Crippen LogP contribution in [-0.4, -0.2) is 32.9 Å². The molecule has 2 unspecified atom stereocenters. The average molecular weight is 303 g/mol. The van der Waals surface area contributed by atoms with E-state index >= 15 is 0 Å². The average Bonchev–Trinajstić information content (AvgIpc) is 2.76. The van der Waals surface area contributed by atoms with Crippen molar-refractivity contribution in [2.75, 3.05) is 24.5 Å². The van der Waals surface area contributed by atoms with Gasteiger partial charge in [0.2, 0.25) is 0 Å². The van der Waals surface area contributed by atoms with Crippen molar-refractivity contribution in [1.29, 1.82) is 0 Å². The first kappa shape index (κ1) is 14.7. The van der Waals surface area contributed by atoms with Gasteiger partial charge in [0.1, 0.15) is 5.75 Å². The topological polar surface area (TPSA) is 43.4 Å². The fraction of sp³-hybridized carbons (Fsp3) is 0.571. The normalized spacial score (nSPS) is 23.2. The zero-order valence-corrected chi connectivity index (χ0v) is 12.6. The maximum absolute atomic E-state index is 11.6. The van der Waals surface area contributed by atoms with E-state index in [4.69, 9.17) is 16.3 Å². The Bertz CT molecular complexity index is 527. The first-order valence-electron chi connectivity index (χ1n) is 6.44. The van der Waals surface area contributed by atoms with Crippen LogP contribution in [0.5, 0.6) is 5.75 Å². The van der Waals surface area contributed by atoms with Crippen LogP contribution in [0.3, 0.4) is 0 Å². The van der Waals surface area contributed by atoms with Gasteiger partial charge in [-0.1, -0.05) is 18.2 Å². The van der Waals surface area contributed by atoms with Crippen molar-refractivity contribution < 1.29 is 13.2 Å². The van der Waals surface area contributed by atoms with Gasteiger partial charge in [0.05, 0.1) is 18.6 Å². The van der Waals surface area contributed by atoms with Crippen LogP contribution < -0.4 is 4.74 Å². The Hall–Kier alpha value is -0.740. The van der Waals surface area contributed by atoms with Crippen molar-refractivity contribution >= 4 is 21.4 Å². The summed E-state index contributed by atoms with van der Waals surface area (Å²) in [6, 6.07) is 7.83. The Labute approximate surface area is 119 Å². The van der Waals surface area contributed by atoms with Gasteiger partial charge in [0.25, 0.3) is 0 Å². The van der Waals surface area contributed by atoms with Crippen molar-refractivity contribution in [3.8, 4) is 5.75 Å². The van der Waals surface area contributed by atoms with Gasteiger partial charge in [-0.25, -0.2) is 8.42 Å². The highest BCUT2D eigenvalue weighted by Gasteiger charge is 2.33. The molecule has 0 N–H and O–H groups in total. The Morgan fingerprint density at radius 3 is 2.74 bits per heavy atom. The van der Waals surface area contributed by atoms with Crippen LogP contribution in [0.15, 0.2) is 24.3 Å². The van der Waals surface area contributed by atoms with Gasteiger partial charge in [-0.3, -0.25) is 0 Å². The van der Waals surface area contributed by atoms with Crippen LogP contribution in [0.2, 0.25) is 0 Å². The van der Waals surface area contributed by atoms with Gasteiger partial charge in [-0.2, -0.15) is 0 Å². The van der Waals surface area contributed by atoms with Gasteiger partial charge >= 0.3 is 0 Å². The molecule has 1 heterocycles. The monoisotopic (exact) mass is 302 g/mol. The zero-order chi connectivity index (χ0) is 13.9. The fourth-order valence-electron chi connectivity index (χ4n) is 2.70. The van der Waals surface area contributed by atoms with Gasteiger partial charge in [0, 0.05) is 5.88 Å². The number of rotatable bonds is 5. The third-order valence-electron chi connectivity index (χ3n) is 3.81. The molecule has 0 radical (unpaired) electrons. The number of ether oxygens (including phenoxy) is 1. The number of benzene rings is 1. The SMILES string of the molecule is COc1ccccc1CC(CCl)C1CCS(=O)(=O)C1. The van der Waals surface area contributed by atoms with Crippen LogP contribution in [0.25, 0.3) is 0 Å². The maximum atomic E-state index is 11.6. The van der Waals surface area contributed by atoms with Gasteiger partial charge < -0.3 is 4.74 Å². The van der Waals surface area contributed by atoms with Crippen molar-refractivity contribution in [2.45, 2.75) is 12.8 Å². The standard InChI is InChI=1S/C14H19ClO3S/c1-18-14-5-3-2-4-11(14)8-13(9-15)12-6-7-19(16,17)10-12/h2-5,12-13H,6-10H2,1H3. The second kappa shape index (κ2) is 6.14. The van der Waals surface area contributed by atoms with Crippen molar-refractivity contribution in [3.05, 3.63) is 29.8 Å². The molecule has 1 saturated heterocycles. The van der Waals surface area contributed by atoms with E-state index in [1.54, 1.807) is 7.11 Å². The van der Waals surface area contributed by atoms with Crippen LogP contribution in [0.1, 0.15) is 12.0 Å². The second-order valence-electron chi connectivity index (χ2n) is 5.09. The number of hydrogen-bond acceptors (Lipinski definition) is 3. The molecule has 1 aliphatic heterocycles. The number of methoxy groups -OCH3 is 1. The van der Waals surface area contributed by atoms with Crippen molar-refractivity contribution in [3.63, 3.8) is 0 Å². The van der Waals surface area contributed by atoms with Gasteiger partial charge in [-0.05, 0) is 36.3 Å². The Kier molecular flexibility index (Phi) is 4.74. The number of para-hydroxylation sites is 1. The number of halogens is 1. The minimum Gasteiger partial charge on any atom is -0.496 e. The largest absolute Gasteiger partial charge is 0.496 e. The summed E-state index contributed by atoms with van der Waals surface area (Å²) < 4.78 is 28.5. The molecule has 19 heavy (non-hydrogen) atoms. The molecule has 0 aromatic heterocycles. The lowest BCUT2D eigenvalue weighted by atomic mass is 9.87.